The zero-order valence-corrected chi connectivity index (χ0v) is 21.6. The first-order valence-corrected chi connectivity index (χ1v) is 12.0. The highest BCUT2D eigenvalue weighted by atomic mass is 35.5. The third kappa shape index (κ3) is 7.55. The Morgan fingerprint density at radius 2 is 1.81 bits per heavy atom. The van der Waals surface area contributed by atoms with Crippen molar-refractivity contribution in [3.05, 3.63) is 46.5 Å². The van der Waals surface area contributed by atoms with Crippen LogP contribution in [0.1, 0.15) is 16.1 Å². The number of anilines is 1. The van der Waals surface area contributed by atoms with E-state index in [4.69, 9.17) is 35.3 Å². The Kier molecular flexibility index (Phi) is 10.8. The molecule has 0 aliphatic heterocycles. The topological polar surface area (TPSA) is 114 Å². The number of ether oxygens (including phenoxy) is 5. The molecule has 194 valence electrons. The van der Waals surface area contributed by atoms with Crippen molar-refractivity contribution in [3.63, 3.8) is 0 Å². The molecule has 1 amide bonds. The van der Waals surface area contributed by atoms with E-state index in [0.717, 1.165) is 11.3 Å². The van der Waals surface area contributed by atoms with E-state index in [1.807, 2.05) is 0 Å². The molecule has 3 aromatic rings. The van der Waals surface area contributed by atoms with Crippen LogP contribution < -0.4 is 14.8 Å². The molecule has 0 aliphatic carbocycles. The molecule has 0 radical (unpaired) electrons. The van der Waals surface area contributed by atoms with Gasteiger partial charge in [-0.25, -0.2) is 4.39 Å². The Morgan fingerprint density at radius 3 is 2.53 bits per heavy atom. The van der Waals surface area contributed by atoms with Gasteiger partial charge < -0.3 is 23.7 Å². The van der Waals surface area contributed by atoms with E-state index in [1.54, 1.807) is 20.1 Å². The fourth-order valence-corrected chi connectivity index (χ4v) is 3.81. The van der Waals surface area contributed by atoms with E-state index < -0.39 is 11.7 Å². The summed E-state index contributed by atoms with van der Waals surface area (Å²) in [5.41, 5.74) is 1.03. The highest BCUT2D eigenvalue weighted by molar-refractivity contribution is 7.17. The van der Waals surface area contributed by atoms with E-state index in [-0.39, 0.29) is 44.4 Å². The van der Waals surface area contributed by atoms with Crippen LogP contribution >= 0.6 is 22.9 Å². The van der Waals surface area contributed by atoms with E-state index in [1.165, 1.54) is 25.4 Å². The summed E-state index contributed by atoms with van der Waals surface area (Å²) in [6.07, 6.45) is 1.36. The highest BCUT2D eigenvalue weighted by Crippen LogP contribution is 2.38. The van der Waals surface area contributed by atoms with Crippen molar-refractivity contribution >= 4 is 34.0 Å². The van der Waals surface area contributed by atoms with Gasteiger partial charge in [-0.15, -0.1) is 5.10 Å². The SMILES string of the molecule is COCCOCCOCCOc1nnc(NC(=O)c2cnc(C)cc2-c2c(OC)ccc(Cl)c2F)s1. The third-order valence-corrected chi connectivity index (χ3v) is 5.76. The van der Waals surface area contributed by atoms with E-state index >= 15 is 0 Å². The van der Waals surface area contributed by atoms with Crippen LogP contribution in [0.3, 0.4) is 0 Å². The summed E-state index contributed by atoms with van der Waals surface area (Å²) in [7, 11) is 3.02. The number of amides is 1. The molecule has 0 spiro atoms. The Labute approximate surface area is 216 Å². The van der Waals surface area contributed by atoms with Gasteiger partial charge in [-0.3, -0.25) is 15.1 Å². The van der Waals surface area contributed by atoms with Crippen LogP contribution in [0.2, 0.25) is 5.02 Å². The number of aromatic nitrogens is 3. The molecular weight excluding hydrogens is 515 g/mol. The van der Waals surface area contributed by atoms with E-state index in [0.29, 0.717) is 38.7 Å². The van der Waals surface area contributed by atoms with Gasteiger partial charge in [0.25, 0.3) is 11.1 Å². The number of nitrogens with zero attached hydrogens (tertiary/aromatic N) is 3. The van der Waals surface area contributed by atoms with Crippen LogP contribution in [-0.4, -0.2) is 74.9 Å². The normalized spacial score (nSPS) is 10.9. The number of benzene rings is 1. The number of pyridine rings is 1. The lowest BCUT2D eigenvalue weighted by atomic mass is 9.98. The number of nitrogens with one attached hydrogen (secondary N) is 1. The summed E-state index contributed by atoms with van der Waals surface area (Å²) in [5.74, 6) is -1.03. The second kappa shape index (κ2) is 14.0. The number of rotatable bonds is 14. The summed E-state index contributed by atoms with van der Waals surface area (Å²) < 4.78 is 41.4. The molecule has 0 fully saturated rings. The molecule has 0 saturated carbocycles. The molecule has 0 saturated heterocycles. The average molecular weight is 541 g/mol. The van der Waals surface area contributed by atoms with Gasteiger partial charge >= 0.3 is 0 Å². The van der Waals surface area contributed by atoms with Crippen molar-refractivity contribution in [2.75, 3.05) is 59.2 Å². The summed E-state index contributed by atoms with van der Waals surface area (Å²) in [6, 6.07) is 4.51. The maximum Gasteiger partial charge on any atom is 0.295 e. The summed E-state index contributed by atoms with van der Waals surface area (Å²) in [5, 5.41) is 10.8. The Balaban J connectivity index is 1.62. The molecule has 1 N–H and O–H groups in total. The lowest BCUT2D eigenvalue weighted by molar-refractivity contribution is 0.0179. The molecule has 0 unspecified atom stereocenters. The van der Waals surface area contributed by atoms with Crippen molar-refractivity contribution in [1.82, 2.24) is 15.2 Å². The number of aryl methyl sites for hydroxylation is 1. The van der Waals surface area contributed by atoms with E-state index in [2.05, 4.69) is 20.5 Å². The first kappa shape index (κ1) is 27.7. The molecule has 3 rings (SSSR count). The molecule has 0 bridgehead atoms. The van der Waals surface area contributed by atoms with Gasteiger partial charge in [-0.2, -0.15) is 0 Å². The highest BCUT2D eigenvalue weighted by Gasteiger charge is 2.23. The first-order valence-electron chi connectivity index (χ1n) is 10.9. The Bertz CT molecular complexity index is 1170. The molecule has 13 heteroatoms. The van der Waals surface area contributed by atoms with Gasteiger partial charge in [0.15, 0.2) is 5.82 Å². The zero-order valence-electron chi connectivity index (χ0n) is 20.0. The number of halogens is 2. The fraction of sp³-hybridized carbons (Fsp3) is 0.391. The smallest absolute Gasteiger partial charge is 0.295 e. The maximum atomic E-state index is 15.0. The summed E-state index contributed by atoms with van der Waals surface area (Å²) >= 11 is 7.04. The van der Waals surface area contributed by atoms with Crippen LogP contribution in [-0.2, 0) is 14.2 Å². The maximum absolute atomic E-state index is 15.0. The number of carbonyl (C=O) groups excluding carboxylic acids is 1. The molecule has 1 aromatic carbocycles. The van der Waals surface area contributed by atoms with Crippen LogP contribution in [0.15, 0.2) is 24.4 Å². The van der Waals surface area contributed by atoms with Gasteiger partial charge in [-0.05, 0) is 36.5 Å². The number of methoxy groups -OCH3 is 2. The molecule has 0 atom stereocenters. The zero-order chi connectivity index (χ0) is 25.9. The predicted molar refractivity (Wildman–Crippen MR) is 133 cm³/mol. The largest absolute Gasteiger partial charge is 0.496 e. The van der Waals surface area contributed by atoms with Crippen molar-refractivity contribution < 1.29 is 32.9 Å². The van der Waals surface area contributed by atoms with Crippen molar-refractivity contribution in [2.45, 2.75) is 6.92 Å². The quantitative estimate of drug-likeness (QED) is 0.303. The Morgan fingerprint density at radius 1 is 1.08 bits per heavy atom. The van der Waals surface area contributed by atoms with Gasteiger partial charge in [0.05, 0.1) is 56.3 Å². The lowest BCUT2D eigenvalue weighted by Crippen LogP contribution is -2.14. The van der Waals surface area contributed by atoms with Crippen molar-refractivity contribution in [2.24, 2.45) is 0 Å². The number of carbonyl (C=O) groups is 1. The lowest BCUT2D eigenvalue weighted by Gasteiger charge is -2.14. The molecule has 10 nitrogen and oxygen atoms in total. The minimum absolute atomic E-state index is 0.0611. The predicted octanol–water partition coefficient (Wildman–Crippen LogP) is 4.02. The second-order valence-electron chi connectivity index (χ2n) is 7.20. The van der Waals surface area contributed by atoms with Gasteiger partial charge in [-0.1, -0.05) is 16.7 Å². The van der Waals surface area contributed by atoms with Crippen molar-refractivity contribution in [1.29, 1.82) is 0 Å². The van der Waals surface area contributed by atoms with Crippen LogP contribution in [0.25, 0.3) is 11.1 Å². The minimum atomic E-state index is -0.703. The summed E-state index contributed by atoms with van der Waals surface area (Å²) in [4.78, 5) is 17.2. The van der Waals surface area contributed by atoms with Crippen molar-refractivity contribution in [3.8, 4) is 22.1 Å². The average Bonchev–Trinajstić information content (AvgIpc) is 3.31. The molecule has 2 aromatic heterocycles. The Hall–Kier alpha value is -2.90. The van der Waals surface area contributed by atoms with Gasteiger partial charge in [0.1, 0.15) is 12.4 Å². The van der Waals surface area contributed by atoms with E-state index in [9.17, 15) is 9.18 Å². The van der Waals surface area contributed by atoms with Gasteiger partial charge in [0.2, 0.25) is 5.13 Å². The fourth-order valence-electron chi connectivity index (χ4n) is 3.04. The third-order valence-electron chi connectivity index (χ3n) is 4.72. The second-order valence-corrected chi connectivity index (χ2v) is 8.55. The molecular formula is C23H26ClFN4O6S. The minimum Gasteiger partial charge on any atom is -0.496 e. The standard InChI is InChI=1S/C23H26ClFN4O6S/c1-14-12-15(19-18(32-3)5-4-17(24)20(19)25)16(13-26-14)21(30)27-22-28-29-23(36-22)35-11-10-34-9-8-33-7-6-31-2/h4-5,12-13H,6-11H2,1-3H3,(H,27,28,30). The number of hydrogen-bond donors (Lipinski definition) is 1. The van der Waals surface area contributed by atoms with Gasteiger partial charge in [0, 0.05) is 24.6 Å². The van der Waals surface area contributed by atoms with Crippen LogP contribution in [0, 0.1) is 12.7 Å². The monoisotopic (exact) mass is 540 g/mol. The molecule has 2 heterocycles. The summed E-state index contributed by atoms with van der Waals surface area (Å²) in [6.45, 7) is 4.24. The van der Waals surface area contributed by atoms with Crippen LogP contribution in [0.4, 0.5) is 9.52 Å². The molecule has 36 heavy (non-hydrogen) atoms. The molecule has 0 aliphatic rings. The first-order chi connectivity index (χ1) is 17.4. The number of hydrogen-bond acceptors (Lipinski definition) is 10. The van der Waals surface area contributed by atoms with Crippen LogP contribution in [0.5, 0.6) is 10.9 Å².